The SMILES string of the molecule is CCOC(=O)N1CCC(NC(N)=NCc2cccc(COCC(F)(F)F)c2)CC1. The third-order valence-corrected chi connectivity index (χ3v) is 4.33. The smallest absolute Gasteiger partial charge is 0.411 e. The van der Waals surface area contributed by atoms with Gasteiger partial charge in [-0.1, -0.05) is 24.3 Å². The van der Waals surface area contributed by atoms with E-state index in [0.717, 1.165) is 18.4 Å². The molecule has 7 nitrogen and oxygen atoms in total. The van der Waals surface area contributed by atoms with Crippen molar-refractivity contribution in [1.82, 2.24) is 10.2 Å². The summed E-state index contributed by atoms with van der Waals surface area (Å²) >= 11 is 0. The highest BCUT2D eigenvalue weighted by Crippen LogP contribution is 2.16. The van der Waals surface area contributed by atoms with E-state index in [4.69, 9.17) is 10.5 Å². The van der Waals surface area contributed by atoms with E-state index >= 15 is 0 Å². The van der Waals surface area contributed by atoms with Crippen LogP contribution < -0.4 is 11.1 Å². The normalized spacial score (nSPS) is 16.0. The molecule has 29 heavy (non-hydrogen) atoms. The van der Waals surface area contributed by atoms with Gasteiger partial charge in [0.15, 0.2) is 5.96 Å². The number of halogens is 3. The summed E-state index contributed by atoms with van der Waals surface area (Å²) in [5.74, 6) is 0.290. The molecule has 0 aromatic heterocycles. The molecule has 1 amide bonds. The number of piperidine rings is 1. The molecule has 0 aliphatic carbocycles. The van der Waals surface area contributed by atoms with E-state index in [2.05, 4.69) is 15.0 Å². The number of rotatable bonds is 7. The zero-order chi connectivity index (χ0) is 21.3. The van der Waals surface area contributed by atoms with E-state index in [1.807, 2.05) is 6.07 Å². The zero-order valence-electron chi connectivity index (χ0n) is 16.4. The topological polar surface area (TPSA) is 89.2 Å². The van der Waals surface area contributed by atoms with Crippen LogP contribution in [0.15, 0.2) is 29.3 Å². The maximum absolute atomic E-state index is 12.1. The van der Waals surface area contributed by atoms with Gasteiger partial charge in [0.25, 0.3) is 0 Å². The summed E-state index contributed by atoms with van der Waals surface area (Å²) in [4.78, 5) is 17.7. The Morgan fingerprint density at radius 3 is 2.66 bits per heavy atom. The van der Waals surface area contributed by atoms with Crippen LogP contribution in [0.25, 0.3) is 0 Å². The van der Waals surface area contributed by atoms with Gasteiger partial charge in [-0.3, -0.25) is 0 Å². The molecule has 162 valence electrons. The van der Waals surface area contributed by atoms with Crippen molar-refractivity contribution < 1.29 is 27.4 Å². The summed E-state index contributed by atoms with van der Waals surface area (Å²) in [5, 5.41) is 3.15. The molecule has 1 aromatic rings. The Bertz CT molecular complexity index is 690. The fraction of sp³-hybridized carbons (Fsp3) is 0.579. The van der Waals surface area contributed by atoms with Crippen molar-refractivity contribution in [3.63, 3.8) is 0 Å². The van der Waals surface area contributed by atoms with Gasteiger partial charge in [-0.15, -0.1) is 0 Å². The number of ether oxygens (including phenoxy) is 2. The summed E-state index contributed by atoms with van der Waals surface area (Å²) in [6, 6.07) is 7.12. The number of nitrogens with two attached hydrogens (primary N) is 1. The quantitative estimate of drug-likeness (QED) is 0.527. The standard InChI is InChI=1S/C19H27F3N4O3/c1-2-29-18(27)26-8-6-16(7-9-26)25-17(23)24-11-14-4-3-5-15(10-14)12-28-13-19(20,21)22/h3-5,10,16H,2,6-9,11-13H2,1H3,(H3,23,24,25). The number of nitrogens with one attached hydrogen (secondary N) is 1. The molecule has 1 saturated heterocycles. The maximum atomic E-state index is 12.1. The number of hydrogen-bond acceptors (Lipinski definition) is 4. The lowest BCUT2D eigenvalue weighted by Gasteiger charge is -2.31. The summed E-state index contributed by atoms with van der Waals surface area (Å²) in [5.41, 5.74) is 7.40. The highest BCUT2D eigenvalue weighted by molar-refractivity contribution is 5.78. The lowest BCUT2D eigenvalue weighted by atomic mass is 10.1. The number of amides is 1. The van der Waals surface area contributed by atoms with Crippen LogP contribution in [0.1, 0.15) is 30.9 Å². The Morgan fingerprint density at radius 2 is 2.00 bits per heavy atom. The minimum absolute atomic E-state index is 0.117. The molecule has 1 aromatic carbocycles. The fourth-order valence-corrected chi connectivity index (χ4v) is 2.95. The van der Waals surface area contributed by atoms with Gasteiger partial charge >= 0.3 is 12.3 Å². The summed E-state index contributed by atoms with van der Waals surface area (Å²) in [7, 11) is 0. The monoisotopic (exact) mass is 416 g/mol. The zero-order valence-corrected chi connectivity index (χ0v) is 16.4. The Balaban J connectivity index is 1.77. The van der Waals surface area contributed by atoms with Crippen molar-refractivity contribution in [2.45, 2.75) is 45.1 Å². The fourth-order valence-electron chi connectivity index (χ4n) is 2.95. The van der Waals surface area contributed by atoms with E-state index in [1.54, 1.807) is 30.0 Å². The van der Waals surface area contributed by atoms with E-state index < -0.39 is 12.8 Å². The Kier molecular flexibility index (Phi) is 8.56. The number of hydrogen-bond donors (Lipinski definition) is 2. The minimum atomic E-state index is -4.34. The van der Waals surface area contributed by atoms with Gasteiger partial charge in [-0.25, -0.2) is 9.79 Å². The average molecular weight is 416 g/mol. The highest BCUT2D eigenvalue weighted by atomic mass is 19.4. The summed E-state index contributed by atoms with van der Waals surface area (Å²) in [6.07, 6.45) is -3.16. The first-order chi connectivity index (χ1) is 13.8. The van der Waals surface area contributed by atoms with Crippen LogP contribution in [0.3, 0.4) is 0 Å². The number of aliphatic imine (C=N–C) groups is 1. The summed E-state index contributed by atoms with van der Waals surface area (Å²) < 4.78 is 46.1. The molecular formula is C19H27F3N4O3. The Hall–Kier alpha value is -2.49. The molecule has 10 heteroatoms. The molecular weight excluding hydrogens is 389 g/mol. The third kappa shape index (κ3) is 8.59. The van der Waals surface area contributed by atoms with E-state index in [1.165, 1.54) is 0 Å². The number of guanidine groups is 1. The number of nitrogens with zero attached hydrogens (tertiary/aromatic N) is 2. The average Bonchev–Trinajstić information content (AvgIpc) is 2.66. The molecule has 1 aliphatic rings. The molecule has 1 fully saturated rings. The number of carbonyl (C=O) groups is 1. The van der Waals surface area contributed by atoms with Gasteiger partial charge in [0.1, 0.15) is 6.61 Å². The van der Waals surface area contributed by atoms with Crippen LogP contribution in [0.2, 0.25) is 0 Å². The van der Waals surface area contributed by atoms with Crippen LogP contribution in [0.4, 0.5) is 18.0 Å². The van der Waals surface area contributed by atoms with Gasteiger partial charge in [0.2, 0.25) is 0 Å². The predicted molar refractivity (Wildman–Crippen MR) is 102 cm³/mol. The van der Waals surface area contributed by atoms with E-state index in [9.17, 15) is 18.0 Å². The number of alkyl halides is 3. The predicted octanol–water partition coefficient (Wildman–Crippen LogP) is 2.79. The molecule has 0 saturated carbocycles. The third-order valence-electron chi connectivity index (χ3n) is 4.33. The van der Waals surface area contributed by atoms with Gasteiger partial charge < -0.3 is 25.4 Å². The van der Waals surface area contributed by atoms with Crippen LogP contribution in [0, 0.1) is 0 Å². The van der Waals surface area contributed by atoms with Crippen molar-refractivity contribution in [3.8, 4) is 0 Å². The molecule has 3 N–H and O–H groups in total. The second kappa shape index (κ2) is 10.9. The lowest BCUT2D eigenvalue weighted by molar-refractivity contribution is -0.176. The largest absolute Gasteiger partial charge is 0.450 e. The van der Waals surface area contributed by atoms with Gasteiger partial charge in [0.05, 0.1) is 19.8 Å². The molecule has 1 aliphatic heterocycles. The van der Waals surface area contributed by atoms with Gasteiger partial charge in [0, 0.05) is 19.1 Å². The molecule has 0 atom stereocenters. The van der Waals surface area contributed by atoms with Crippen molar-refractivity contribution >= 4 is 12.1 Å². The number of likely N-dealkylation sites (tertiary alicyclic amines) is 1. The molecule has 2 rings (SSSR count). The summed E-state index contributed by atoms with van der Waals surface area (Å²) in [6.45, 7) is 2.20. The number of carbonyl (C=O) groups excluding carboxylic acids is 1. The van der Waals surface area contributed by atoms with Crippen molar-refractivity contribution in [3.05, 3.63) is 35.4 Å². The van der Waals surface area contributed by atoms with Crippen LogP contribution in [-0.4, -0.2) is 55.5 Å². The van der Waals surface area contributed by atoms with Crippen LogP contribution in [-0.2, 0) is 22.6 Å². The van der Waals surface area contributed by atoms with Crippen molar-refractivity contribution in [1.29, 1.82) is 0 Å². The Morgan fingerprint density at radius 1 is 1.31 bits per heavy atom. The lowest BCUT2D eigenvalue weighted by Crippen LogP contribution is -2.48. The molecule has 0 radical (unpaired) electrons. The van der Waals surface area contributed by atoms with Crippen molar-refractivity contribution in [2.75, 3.05) is 26.3 Å². The van der Waals surface area contributed by atoms with E-state index in [-0.39, 0.29) is 18.7 Å². The molecule has 0 spiro atoms. The highest BCUT2D eigenvalue weighted by Gasteiger charge is 2.27. The maximum Gasteiger partial charge on any atom is 0.411 e. The Labute approximate surface area is 168 Å². The van der Waals surface area contributed by atoms with Gasteiger partial charge in [-0.05, 0) is 30.9 Å². The molecule has 0 bridgehead atoms. The van der Waals surface area contributed by atoms with Gasteiger partial charge in [-0.2, -0.15) is 13.2 Å². The molecule has 1 heterocycles. The minimum Gasteiger partial charge on any atom is -0.450 e. The first kappa shape index (κ1) is 22.8. The second-order valence-corrected chi connectivity index (χ2v) is 6.73. The van der Waals surface area contributed by atoms with Crippen LogP contribution >= 0.6 is 0 Å². The van der Waals surface area contributed by atoms with Crippen LogP contribution in [0.5, 0.6) is 0 Å². The number of benzene rings is 1. The first-order valence-corrected chi connectivity index (χ1v) is 9.47. The second-order valence-electron chi connectivity index (χ2n) is 6.73. The van der Waals surface area contributed by atoms with E-state index in [0.29, 0.717) is 37.8 Å². The first-order valence-electron chi connectivity index (χ1n) is 9.47. The molecule has 0 unspecified atom stereocenters. The van der Waals surface area contributed by atoms with Crippen molar-refractivity contribution in [2.24, 2.45) is 10.7 Å².